The van der Waals surface area contributed by atoms with Gasteiger partial charge in [0.2, 0.25) is 0 Å². The third-order valence-electron chi connectivity index (χ3n) is 2.66. The molecule has 94 valence electrons. The molecular formula is C12H13N3O2S. The van der Waals surface area contributed by atoms with Crippen LogP contribution < -0.4 is 16.1 Å². The molecule has 0 spiro atoms. The fraction of sp³-hybridized carbons (Fsp3) is 0.167. The maximum atomic E-state index is 11.6. The maximum absolute atomic E-state index is 11.6. The second-order valence-electron chi connectivity index (χ2n) is 3.90. The molecule has 1 heterocycles. The van der Waals surface area contributed by atoms with Gasteiger partial charge in [-0.3, -0.25) is 19.6 Å². The molecular weight excluding hydrogens is 250 g/mol. The normalized spacial score (nSPS) is 10.3. The van der Waals surface area contributed by atoms with Crippen LogP contribution in [0, 0.1) is 6.92 Å². The number of nitrogen functional groups attached to an aromatic ring is 1. The molecule has 0 aliphatic carbocycles. The molecule has 0 unspecified atom stereocenters. The van der Waals surface area contributed by atoms with Crippen LogP contribution in [-0.4, -0.2) is 10.5 Å². The summed E-state index contributed by atoms with van der Waals surface area (Å²) in [6, 6.07) is 7.00. The minimum absolute atomic E-state index is 0.0243. The maximum Gasteiger partial charge on any atom is 0.307 e. The van der Waals surface area contributed by atoms with E-state index in [1.165, 1.54) is 11.3 Å². The highest BCUT2D eigenvalue weighted by Crippen LogP contribution is 2.08. The van der Waals surface area contributed by atoms with Crippen LogP contribution in [0.3, 0.4) is 0 Å². The Labute approximate surface area is 108 Å². The van der Waals surface area contributed by atoms with E-state index < -0.39 is 0 Å². The number of nitrogens with two attached hydrogens (primary N) is 1. The molecule has 2 aromatic rings. The number of benzene rings is 1. The van der Waals surface area contributed by atoms with E-state index in [2.05, 4.69) is 5.43 Å². The monoisotopic (exact) mass is 263 g/mol. The van der Waals surface area contributed by atoms with E-state index >= 15 is 0 Å². The molecule has 3 N–H and O–H groups in total. The second-order valence-corrected chi connectivity index (χ2v) is 4.72. The second kappa shape index (κ2) is 5.16. The minimum Gasteiger partial charge on any atom is -0.299 e. The fourth-order valence-corrected chi connectivity index (χ4v) is 2.36. The van der Waals surface area contributed by atoms with E-state index in [0.29, 0.717) is 12.1 Å². The summed E-state index contributed by atoms with van der Waals surface area (Å²) in [6.45, 7) is 2.41. The highest BCUT2D eigenvalue weighted by atomic mass is 32.1. The number of amides is 1. The zero-order valence-electron chi connectivity index (χ0n) is 9.84. The van der Waals surface area contributed by atoms with Gasteiger partial charge >= 0.3 is 4.87 Å². The van der Waals surface area contributed by atoms with Gasteiger partial charge < -0.3 is 0 Å². The Bertz CT molecular complexity index is 613. The predicted molar refractivity (Wildman–Crippen MR) is 70.5 cm³/mol. The van der Waals surface area contributed by atoms with Crippen LogP contribution in [-0.2, 0) is 6.54 Å². The average molecular weight is 263 g/mol. The lowest BCUT2D eigenvalue weighted by atomic mass is 10.1. The molecule has 1 amide bonds. The van der Waals surface area contributed by atoms with Crippen molar-refractivity contribution in [1.82, 2.24) is 9.99 Å². The summed E-state index contributed by atoms with van der Waals surface area (Å²) < 4.78 is 1.70. The number of nitrogens with one attached hydrogen (secondary N) is 1. The van der Waals surface area contributed by atoms with Crippen LogP contribution in [0.1, 0.15) is 21.6 Å². The molecule has 5 nitrogen and oxygen atoms in total. The van der Waals surface area contributed by atoms with Crippen LogP contribution in [0.5, 0.6) is 0 Å². The molecule has 2 rings (SSSR count). The number of carbonyl (C=O) groups is 1. The molecule has 0 bridgehead atoms. The number of carbonyl (C=O) groups excluding carboxylic acids is 1. The number of hydrogen-bond acceptors (Lipinski definition) is 4. The van der Waals surface area contributed by atoms with E-state index in [1.807, 2.05) is 24.4 Å². The van der Waals surface area contributed by atoms with E-state index in [-0.39, 0.29) is 10.8 Å². The summed E-state index contributed by atoms with van der Waals surface area (Å²) in [5, 5.41) is 1.83. The van der Waals surface area contributed by atoms with Crippen LogP contribution in [0.15, 0.2) is 34.4 Å². The van der Waals surface area contributed by atoms with Gasteiger partial charge in [-0.2, -0.15) is 0 Å². The summed E-state index contributed by atoms with van der Waals surface area (Å²) in [5.41, 5.74) is 4.47. The molecule has 18 heavy (non-hydrogen) atoms. The van der Waals surface area contributed by atoms with E-state index in [1.54, 1.807) is 16.7 Å². The molecule has 1 aromatic heterocycles. The lowest BCUT2D eigenvalue weighted by molar-refractivity contribution is 0.0953. The van der Waals surface area contributed by atoms with Crippen molar-refractivity contribution in [3.05, 3.63) is 56.1 Å². The third kappa shape index (κ3) is 2.49. The first-order valence-corrected chi connectivity index (χ1v) is 6.24. The Kier molecular flexibility index (Phi) is 3.59. The van der Waals surface area contributed by atoms with Gasteiger partial charge in [0, 0.05) is 16.6 Å². The van der Waals surface area contributed by atoms with Crippen molar-refractivity contribution in [2.24, 2.45) is 5.84 Å². The predicted octanol–water partition coefficient (Wildman–Crippen LogP) is 0.870. The standard InChI is InChI=1S/C12H13N3O2S/c1-8-7-18-12(17)15(8)6-9-2-4-10(5-3-9)11(16)14-13/h2-5,7H,6,13H2,1H3,(H,14,16). The molecule has 0 saturated heterocycles. The van der Waals surface area contributed by atoms with Gasteiger partial charge in [0.05, 0.1) is 6.54 Å². The number of hydrogen-bond donors (Lipinski definition) is 2. The van der Waals surface area contributed by atoms with Gasteiger partial charge in [-0.15, -0.1) is 0 Å². The number of hydrazine groups is 1. The summed E-state index contributed by atoms with van der Waals surface area (Å²) in [4.78, 5) is 22.9. The zero-order chi connectivity index (χ0) is 13.1. The molecule has 1 aromatic carbocycles. The molecule has 0 aliphatic rings. The van der Waals surface area contributed by atoms with E-state index in [0.717, 1.165) is 11.3 Å². The summed E-state index contributed by atoms with van der Waals surface area (Å²) in [7, 11) is 0. The number of thiazole rings is 1. The molecule has 0 radical (unpaired) electrons. The summed E-state index contributed by atoms with van der Waals surface area (Å²) >= 11 is 1.19. The van der Waals surface area contributed by atoms with Gasteiger partial charge in [-0.05, 0) is 24.6 Å². The van der Waals surface area contributed by atoms with Crippen molar-refractivity contribution < 1.29 is 4.79 Å². The van der Waals surface area contributed by atoms with Crippen molar-refractivity contribution in [2.75, 3.05) is 0 Å². The Balaban J connectivity index is 2.21. The van der Waals surface area contributed by atoms with Crippen molar-refractivity contribution in [2.45, 2.75) is 13.5 Å². The first-order valence-electron chi connectivity index (χ1n) is 5.36. The molecule has 0 saturated carbocycles. The zero-order valence-corrected chi connectivity index (χ0v) is 10.7. The number of aromatic nitrogens is 1. The Morgan fingerprint density at radius 2 is 2.06 bits per heavy atom. The summed E-state index contributed by atoms with van der Waals surface area (Å²) in [6.07, 6.45) is 0. The SMILES string of the molecule is Cc1csc(=O)n1Cc1ccc(C(=O)NN)cc1. The van der Waals surface area contributed by atoms with Crippen molar-refractivity contribution in [3.63, 3.8) is 0 Å². The van der Waals surface area contributed by atoms with Crippen LogP contribution in [0.4, 0.5) is 0 Å². The van der Waals surface area contributed by atoms with E-state index in [4.69, 9.17) is 5.84 Å². The largest absolute Gasteiger partial charge is 0.307 e. The van der Waals surface area contributed by atoms with Gasteiger partial charge in [-0.1, -0.05) is 23.5 Å². The lowest BCUT2D eigenvalue weighted by Crippen LogP contribution is -2.29. The highest BCUT2D eigenvalue weighted by molar-refractivity contribution is 7.07. The van der Waals surface area contributed by atoms with Gasteiger partial charge in [0.15, 0.2) is 0 Å². The van der Waals surface area contributed by atoms with Gasteiger partial charge in [0.25, 0.3) is 5.91 Å². The Morgan fingerprint density at radius 3 is 2.56 bits per heavy atom. The van der Waals surface area contributed by atoms with Crippen LogP contribution in [0.2, 0.25) is 0 Å². The first kappa shape index (κ1) is 12.5. The smallest absolute Gasteiger partial charge is 0.299 e. The molecule has 0 atom stereocenters. The molecule has 0 fully saturated rings. The fourth-order valence-electron chi connectivity index (χ4n) is 1.62. The highest BCUT2D eigenvalue weighted by Gasteiger charge is 2.05. The topological polar surface area (TPSA) is 77.1 Å². The molecule has 0 aliphatic heterocycles. The summed E-state index contributed by atoms with van der Waals surface area (Å²) in [5.74, 6) is 4.72. The number of nitrogens with zero attached hydrogens (tertiary/aromatic N) is 1. The third-order valence-corrected chi connectivity index (χ3v) is 3.55. The average Bonchev–Trinajstić information content (AvgIpc) is 2.70. The van der Waals surface area contributed by atoms with E-state index in [9.17, 15) is 9.59 Å². The van der Waals surface area contributed by atoms with Crippen LogP contribution in [0.25, 0.3) is 0 Å². The number of rotatable bonds is 3. The Morgan fingerprint density at radius 1 is 1.39 bits per heavy atom. The first-order chi connectivity index (χ1) is 8.61. The van der Waals surface area contributed by atoms with Crippen molar-refractivity contribution >= 4 is 17.2 Å². The quantitative estimate of drug-likeness (QED) is 0.490. The van der Waals surface area contributed by atoms with Crippen molar-refractivity contribution in [3.8, 4) is 0 Å². The minimum atomic E-state index is -0.328. The van der Waals surface area contributed by atoms with Gasteiger partial charge in [-0.25, -0.2) is 5.84 Å². The van der Waals surface area contributed by atoms with Crippen molar-refractivity contribution in [1.29, 1.82) is 0 Å². The molecule has 6 heteroatoms. The van der Waals surface area contributed by atoms with Crippen LogP contribution >= 0.6 is 11.3 Å². The van der Waals surface area contributed by atoms with Gasteiger partial charge in [0.1, 0.15) is 0 Å². The lowest BCUT2D eigenvalue weighted by Gasteiger charge is -2.05. The number of aryl methyl sites for hydroxylation is 1. The Hall–Kier alpha value is -1.92.